The first-order chi connectivity index (χ1) is 26.3. The van der Waals surface area contributed by atoms with Crippen LogP contribution in [0.25, 0.3) is 22.2 Å². The Labute approximate surface area is 323 Å². The lowest BCUT2D eigenvalue weighted by Gasteiger charge is -2.24. The normalized spacial score (nSPS) is 12.7. The number of pyridine rings is 1. The molecule has 0 bridgehead atoms. The highest BCUT2D eigenvalue weighted by Crippen LogP contribution is 2.40. The van der Waals surface area contributed by atoms with Gasteiger partial charge in [0, 0.05) is 36.9 Å². The van der Waals surface area contributed by atoms with Crippen LogP contribution in [0.5, 0.6) is 23.0 Å². The zero-order chi connectivity index (χ0) is 39.8. The Morgan fingerprint density at radius 2 is 1.62 bits per heavy atom. The van der Waals surface area contributed by atoms with Crippen molar-refractivity contribution in [2.45, 2.75) is 58.5 Å². The van der Waals surface area contributed by atoms with Crippen LogP contribution in [0.15, 0.2) is 72.8 Å². The lowest BCUT2D eigenvalue weighted by molar-refractivity contribution is 0.0489. The summed E-state index contributed by atoms with van der Waals surface area (Å²) in [4.78, 5) is 18.2. The number of amides is 1. The van der Waals surface area contributed by atoms with Crippen molar-refractivity contribution in [3.05, 3.63) is 101 Å². The van der Waals surface area contributed by atoms with E-state index in [1.165, 1.54) is 20.3 Å². The van der Waals surface area contributed by atoms with Crippen LogP contribution in [0.4, 0.5) is 4.39 Å². The van der Waals surface area contributed by atoms with E-state index in [1.54, 1.807) is 50.4 Å². The topological polar surface area (TPSA) is 123 Å². The highest BCUT2D eigenvalue weighted by molar-refractivity contribution is 6.76. The van der Waals surface area contributed by atoms with Crippen LogP contribution >= 0.6 is 0 Å². The lowest BCUT2D eigenvalue weighted by atomic mass is 9.99. The molecule has 0 radical (unpaired) electrons. The number of nitrogens with one attached hydrogen (secondary N) is 1. The molecular weight excluding hydrogens is 722 g/mol. The van der Waals surface area contributed by atoms with Crippen molar-refractivity contribution in [2.75, 3.05) is 47.7 Å². The average Bonchev–Trinajstić information content (AvgIpc) is 3.46. The monoisotopic (exact) mass is 773 g/mol. The van der Waals surface area contributed by atoms with Crippen LogP contribution in [0.1, 0.15) is 34.2 Å². The standard InChI is InChI=1S/C42H52FN3O8Si/c1-28-38(32-10-9-11-33(43)40(32)46(28)27-53-22-23-55(6,7)8)39-35(50-4)18-19-37(45-39)42(2,48)26-44-41(47)30-14-17-34(36(24-30)51-5)54-21-20-52-25-29-12-15-31(49-3)16-13-29/h9-19,24,48H,20-23,25-27H2,1-8H3,(H,44,47). The fourth-order valence-corrected chi connectivity index (χ4v) is 6.83. The number of halogens is 1. The van der Waals surface area contributed by atoms with E-state index in [9.17, 15) is 9.90 Å². The van der Waals surface area contributed by atoms with Crippen molar-refractivity contribution < 1.29 is 42.7 Å². The van der Waals surface area contributed by atoms with Gasteiger partial charge < -0.3 is 43.4 Å². The summed E-state index contributed by atoms with van der Waals surface area (Å²) in [6.07, 6.45) is 0. The molecule has 1 unspecified atom stereocenters. The highest BCUT2D eigenvalue weighted by Gasteiger charge is 2.29. The first-order valence-corrected chi connectivity index (χ1v) is 21.9. The van der Waals surface area contributed by atoms with Gasteiger partial charge in [-0.25, -0.2) is 9.37 Å². The van der Waals surface area contributed by atoms with Gasteiger partial charge >= 0.3 is 0 Å². The number of carbonyl (C=O) groups is 1. The molecule has 0 spiro atoms. The molecule has 2 aromatic heterocycles. The van der Waals surface area contributed by atoms with Gasteiger partial charge in [-0.3, -0.25) is 4.79 Å². The van der Waals surface area contributed by atoms with Crippen molar-refractivity contribution in [3.63, 3.8) is 0 Å². The fourth-order valence-electron chi connectivity index (χ4n) is 6.07. The molecule has 0 aliphatic heterocycles. The van der Waals surface area contributed by atoms with E-state index in [-0.39, 0.29) is 25.7 Å². The molecule has 55 heavy (non-hydrogen) atoms. The highest BCUT2D eigenvalue weighted by atomic mass is 28.3. The number of aromatic nitrogens is 2. The summed E-state index contributed by atoms with van der Waals surface area (Å²) in [5, 5.41) is 15.1. The maximum atomic E-state index is 15.4. The molecule has 294 valence electrons. The summed E-state index contributed by atoms with van der Waals surface area (Å²) in [7, 11) is 3.34. The Balaban J connectivity index is 1.27. The second-order valence-electron chi connectivity index (χ2n) is 14.7. The van der Waals surface area contributed by atoms with Crippen molar-refractivity contribution in [1.29, 1.82) is 0 Å². The quantitative estimate of drug-likeness (QED) is 0.0642. The third-order valence-corrected chi connectivity index (χ3v) is 11.0. The molecule has 0 fully saturated rings. The van der Waals surface area contributed by atoms with Crippen LogP contribution in [-0.4, -0.2) is 76.3 Å². The predicted molar refractivity (Wildman–Crippen MR) is 214 cm³/mol. The number of nitrogens with zero attached hydrogens (tertiary/aromatic N) is 2. The van der Waals surface area contributed by atoms with Gasteiger partial charge in [0.2, 0.25) is 0 Å². The first-order valence-electron chi connectivity index (χ1n) is 18.2. The van der Waals surface area contributed by atoms with E-state index in [1.807, 2.05) is 41.8 Å². The van der Waals surface area contributed by atoms with E-state index in [2.05, 4.69) is 25.0 Å². The van der Waals surface area contributed by atoms with Gasteiger partial charge in [0.05, 0.1) is 52.3 Å². The number of methoxy groups -OCH3 is 3. The van der Waals surface area contributed by atoms with Gasteiger partial charge in [-0.1, -0.05) is 43.9 Å². The molecule has 1 amide bonds. The summed E-state index contributed by atoms with van der Waals surface area (Å²) in [6.45, 7) is 12.0. The Kier molecular flexibility index (Phi) is 13.6. The number of benzene rings is 3. The number of para-hydroxylation sites is 1. The number of hydrogen-bond donors (Lipinski definition) is 2. The summed E-state index contributed by atoms with van der Waals surface area (Å²) >= 11 is 0. The van der Waals surface area contributed by atoms with E-state index in [4.69, 9.17) is 33.4 Å². The molecule has 0 saturated carbocycles. The first kappa shape index (κ1) is 41.2. The number of fused-ring (bicyclic) bond motifs is 1. The van der Waals surface area contributed by atoms with Gasteiger partial charge in [-0.2, -0.15) is 0 Å². The van der Waals surface area contributed by atoms with Crippen molar-refractivity contribution in [3.8, 4) is 34.3 Å². The number of aliphatic hydroxyl groups is 1. The molecule has 2 N–H and O–H groups in total. The van der Waals surface area contributed by atoms with Crippen LogP contribution < -0.4 is 24.3 Å². The summed E-state index contributed by atoms with van der Waals surface area (Å²) < 4.78 is 51.3. The van der Waals surface area contributed by atoms with E-state index in [0.717, 1.165) is 23.1 Å². The van der Waals surface area contributed by atoms with E-state index in [0.29, 0.717) is 70.5 Å². The zero-order valence-electron chi connectivity index (χ0n) is 33.0. The molecule has 13 heteroatoms. The molecule has 2 heterocycles. The number of hydrogen-bond acceptors (Lipinski definition) is 9. The van der Waals surface area contributed by atoms with Crippen molar-refractivity contribution in [2.24, 2.45) is 0 Å². The molecule has 5 aromatic rings. The third-order valence-electron chi connectivity index (χ3n) is 9.31. The molecule has 0 saturated heterocycles. The average molecular weight is 774 g/mol. The second-order valence-corrected chi connectivity index (χ2v) is 20.3. The Bertz CT molecular complexity index is 2080. The minimum atomic E-state index is -1.59. The second kappa shape index (κ2) is 18.1. The fraction of sp³-hybridized carbons (Fsp3) is 0.381. The predicted octanol–water partition coefficient (Wildman–Crippen LogP) is 7.72. The maximum Gasteiger partial charge on any atom is 0.251 e. The minimum absolute atomic E-state index is 0.156. The smallest absolute Gasteiger partial charge is 0.251 e. The van der Waals surface area contributed by atoms with Crippen LogP contribution in [0, 0.1) is 12.7 Å². The maximum absolute atomic E-state index is 15.4. The number of carbonyl (C=O) groups excluding carboxylic acids is 1. The van der Waals surface area contributed by atoms with Gasteiger partial charge in [0.1, 0.15) is 41.9 Å². The molecule has 5 rings (SSSR count). The largest absolute Gasteiger partial charge is 0.497 e. The molecule has 1 atom stereocenters. The SMILES string of the molecule is COc1ccc(COCCOc2ccc(C(=O)NCC(C)(O)c3ccc(OC)c(-c4c(C)n(COCC[Si](C)(C)C)c5c(F)cccc45)n3)cc2OC)cc1. The van der Waals surface area contributed by atoms with Crippen LogP contribution in [0.2, 0.25) is 25.7 Å². The third kappa shape index (κ3) is 10.2. The van der Waals surface area contributed by atoms with Crippen molar-refractivity contribution in [1.82, 2.24) is 14.9 Å². The molecule has 0 aliphatic carbocycles. The summed E-state index contributed by atoms with van der Waals surface area (Å²) in [5.41, 5.74) is 2.28. The lowest BCUT2D eigenvalue weighted by Crippen LogP contribution is -2.39. The van der Waals surface area contributed by atoms with E-state index < -0.39 is 19.6 Å². The van der Waals surface area contributed by atoms with Crippen LogP contribution in [-0.2, 0) is 28.4 Å². The number of rotatable bonds is 19. The molecular formula is C42H52FN3O8Si. The van der Waals surface area contributed by atoms with Gasteiger partial charge in [0.25, 0.3) is 5.91 Å². The van der Waals surface area contributed by atoms with Gasteiger partial charge in [-0.15, -0.1) is 0 Å². The van der Waals surface area contributed by atoms with Gasteiger partial charge in [0.15, 0.2) is 11.5 Å². The van der Waals surface area contributed by atoms with Crippen LogP contribution in [0.3, 0.4) is 0 Å². The molecule has 11 nitrogen and oxygen atoms in total. The van der Waals surface area contributed by atoms with Crippen molar-refractivity contribution >= 4 is 24.9 Å². The minimum Gasteiger partial charge on any atom is -0.497 e. The van der Waals surface area contributed by atoms with Gasteiger partial charge in [-0.05, 0) is 74.0 Å². The number of ether oxygens (including phenoxy) is 6. The zero-order valence-corrected chi connectivity index (χ0v) is 34.0. The summed E-state index contributed by atoms with van der Waals surface area (Å²) in [5.74, 6) is 1.27. The summed E-state index contributed by atoms with van der Waals surface area (Å²) in [6, 6.07) is 21.8. The van der Waals surface area contributed by atoms with E-state index >= 15 is 4.39 Å². The Morgan fingerprint density at radius 1 is 0.891 bits per heavy atom. The Hall–Kier alpha value is -4.95. The molecule has 3 aromatic carbocycles. The molecule has 0 aliphatic rings. The Morgan fingerprint density at radius 3 is 2.31 bits per heavy atom.